The maximum atomic E-state index is 11.0. The third-order valence-electron chi connectivity index (χ3n) is 6.29. The lowest BCUT2D eigenvalue weighted by Gasteiger charge is -2.56. The van der Waals surface area contributed by atoms with Gasteiger partial charge in [-0.05, 0) is 45.8 Å². The van der Waals surface area contributed by atoms with Gasteiger partial charge in [0.25, 0.3) is 0 Å². The van der Waals surface area contributed by atoms with E-state index < -0.39 is 0 Å². The number of allylic oxidation sites excluding steroid dienone is 14. The molecule has 0 saturated carbocycles. The van der Waals surface area contributed by atoms with Gasteiger partial charge in [-0.25, -0.2) is 4.98 Å². The monoisotopic (exact) mass is 360 g/mol. The van der Waals surface area contributed by atoms with Crippen molar-refractivity contribution in [2.75, 3.05) is 0 Å². The Hall–Kier alpha value is -2.79. The number of aromatic nitrogens is 1. The van der Waals surface area contributed by atoms with E-state index in [1.165, 1.54) is 28.5 Å². The summed E-state index contributed by atoms with van der Waals surface area (Å²) in [5, 5.41) is 11.8. The molecule has 0 amide bonds. The van der Waals surface area contributed by atoms with Gasteiger partial charge in [0, 0.05) is 16.4 Å². The van der Waals surface area contributed by atoms with E-state index in [4.69, 9.17) is 0 Å². The molecule has 0 radical (unpaired) electrons. The van der Waals surface area contributed by atoms with Gasteiger partial charge in [-0.15, -0.1) is 0 Å². The van der Waals surface area contributed by atoms with Gasteiger partial charge in [-0.1, -0.05) is 56.4 Å². The first-order valence-electron chi connectivity index (χ1n) is 8.49. The molecule has 26 heavy (non-hydrogen) atoms. The van der Waals surface area contributed by atoms with Crippen LogP contribution in [0.25, 0.3) is 5.57 Å². The molecule has 1 heterocycles. The molecule has 0 bridgehead atoms. The molecule has 5 heteroatoms. The number of rotatable bonds is 2. The molecule has 2 unspecified atom stereocenters. The van der Waals surface area contributed by atoms with E-state index in [-0.39, 0.29) is 20.8 Å². The molecule has 4 aliphatic carbocycles. The average molecular weight is 360 g/mol. The average Bonchev–Trinajstić information content (AvgIpc) is 3.10. The SMILES string of the molecule is CC12C3=CC=CC1=CC=C1C=C(c4ncc([N+](=O)[O-])s4)C=C(C=C3)C12C. The molecular weight excluding hydrogens is 344 g/mol. The maximum Gasteiger partial charge on any atom is 0.344 e. The van der Waals surface area contributed by atoms with E-state index in [1.807, 2.05) is 0 Å². The predicted molar refractivity (Wildman–Crippen MR) is 104 cm³/mol. The van der Waals surface area contributed by atoms with Crippen LogP contribution in [0.2, 0.25) is 0 Å². The highest BCUT2D eigenvalue weighted by Crippen LogP contribution is 2.65. The molecule has 0 aromatic carbocycles. The molecule has 0 saturated heterocycles. The molecule has 1 aromatic heterocycles. The first kappa shape index (κ1) is 15.5. The van der Waals surface area contributed by atoms with Gasteiger partial charge >= 0.3 is 5.00 Å². The number of nitro groups is 1. The van der Waals surface area contributed by atoms with Crippen LogP contribution in [-0.4, -0.2) is 9.91 Å². The Balaban J connectivity index is 1.73. The Bertz CT molecular complexity index is 1090. The van der Waals surface area contributed by atoms with Crippen molar-refractivity contribution in [1.29, 1.82) is 0 Å². The van der Waals surface area contributed by atoms with E-state index in [0.29, 0.717) is 5.01 Å². The Morgan fingerprint density at radius 2 is 1.65 bits per heavy atom. The van der Waals surface area contributed by atoms with Crippen LogP contribution in [0.1, 0.15) is 18.9 Å². The van der Waals surface area contributed by atoms with E-state index in [1.54, 1.807) is 0 Å². The Kier molecular flexibility index (Phi) is 2.91. The minimum Gasteiger partial charge on any atom is -0.257 e. The first-order valence-corrected chi connectivity index (χ1v) is 9.30. The summed E-state index contributed by atoms with van der Waals surface area (Å²) in [6, 6.07) is 0. The Morgan fingerprint density at radius 1 is 0.962 bits per heavy atom. The zero-order chi connectivity index (χ0) is 18.1. The standard InChI is InChI=1S/C21H16N2O2S/c1-20-14-4-3-5-15(20)7-9-17-11-13(10-16(8-6-14)21(17,20)2)19-22-12-18(26-19)23(24)25/h3-12H,1-2H3. The summed E-state index contributed by atoms with van der Waals surface area (Å²) in [7, 11) is 0. The van der Waals surface area contributed by atoms with Crippen molar-refractivity contribution in [1.82, 2.24) is 4.98 Å². The summed E-state index contributed by atoms with van der Waals surface area (Å²) in [5.41, 5.74) is 5.75. The van der Waals surface area contributed by atoms with Gasteiger partial charge in [0.2, 0.25) is 0 Å². The van der Waals surface area contributed by atoms with Gasteiger partial charge in [0.15, 0.2) is 0 Å². The molecule has 2 atom stereocenters. The maximum absolute atomic E-state index is 11.0. The molecule has 4 aliphatic rings. The quantitative estimate of drug-likeness (QED) is 0.530. The van der Waals surface area contributed by atoms with E-state index in [2.05, 4.69) is 73.5 Å². The Labute approximate surface area is 155 Å². The lowest BCUT2D eigenvalue weighted by molar-refractivity contribution is -0.380. The lowest BCUT2D eigenvalue weighted by atomic mass is 9.46. The normalized spacial score (nSPS) is 30.6. The highest BCUT2D eigenvalue weighted by atomic mass is 32.1. The highest BCUT2D eigenvalue weighted by molar-refractivity contribution is 7.15. The summed E-state index contributed by atoms with van der Waals surface area (Å²) in [5.74, 6) is 0. The van der Waals surface area contributed by atoms with Crippen molar-refractivity contribution in [2.24, 2.45) is 10.8 Å². The Morgan fingerprint density at radius 3 is 2.42 bits per heavy atom. The summed E-state index contributed by atoms with van der Waals surface area (Å²) in [6.07, 6.45) is 20.9. The molecule has 0 spiro atoms. The van der Waals surface area contributed by atoms with E-state index in [0.717, 1.165) is 16.9 Å². The zero-order valence-electron chi connectivity index (χ0n) is 14.4. The second-order valence-corrected chi connectivity index (χ2v) is 8.28. The van der Waals surface area contributed by atoms with Gasteiger partial charge in [-0.2, -0.15) is 0 Å². The van der Waals surface area contributed by atoms with Crippen molar-refractivity contribution in [3.05, 3.63) is 98.3 Å². The van der Waals surface area contributed by atoms with Crippen LogP contribution in [0.5, 0.6) is 0 Å². The minimum absolute atomic E-state index is 0.0706. The molecule has 0 aliphatic heterocycles. The largest absolute Gasteiger partial charge is 0.344 e. The van der Waals surface area contributed by atoms with Crippen LogP contribution in [0.3, 0.4) is 0 Å². The van der Waals surface area contributed by atoms with Crippen molar-refractivity contribution in [3.8, 4) is 0 Å². The third-order valence-corrected chi connectivity index (χ3v) is 7.29. The summed E-state index contributed by atoms with van der Waals surface area (Å²) >= 11 is 1.12. The second-order valence-electron chi connectivity index (χ2n) is 7.27. The molecule has 0 fully saturated rings. The number of thiazole rings is 1. The summed E-state index contributed by atoms with van der Waals surface area (Å²) in [4.78, 5) is 14.9. The zero-order valence-corrected chi connectivity index (χ0v) is 15.2. The smallest absolute Gasteiger partial charge is 0.257 e. The summed E-state index contributed by atoms with van der Waals surface area (Å²) < 4.78 is 0. The van der Waals surface area contributed by atoms with Crippen molar-refractivity contribution >= 4 is 21.9 Å². The van der Waals surface area contributed by atoms with Crippen LogP contribution < -0.4 is 0 Å². The number of hydrogen-bond donors (Lipinski definition) is 0. The molecular formula is C21H16N2O2S. The fourth-order valence-corrected chi connectivity index (χ4v) is 5.30. The topological polar surface area (TPSA) is 56.0 Å². The van der Waals surface area contributed by atoms with Crippen molar-refractivity contribution in [2.45, 2.75) is 13.8 Å². The molecule has 1 aromatic rings. The van der Waals surface area contributed by atoms with Crippen LogP contribution in [0.4, 0.5) is 5.00 Å². The third kappa shape index (κ3) is 1.71. The van der Waals surface area contributed by atoms with Crippen LogP contribution in [-0.2, 0) is 0 Å². The van der Waals surface area contributed by atoms with Crippen molar-refractivity contribution in [3.63, 3.8) is 0 Å². The predicted octanol–water partition coefficient (Wildman–Crippen LogP) is 5.32. The van der Waals surface area contributed by atoms with Crippen LogP contribution in [0, 0.1) is 20.9 Å². The van der Waals surface area contributed by atoms with E-state index in [9.17, 15) is 10.1 Å². The number of nitrogens with zero attached hydrogens (tertiary/aromatic N) is 2. The fraction of sp³-hybridized carbons (Fsp3) is 0.190. The van der Waals surface area contributed by atoms with Crippen LogP contribution >= 0.6 is 11.3 Å². The van der Waals surface area contributed by atoms with Crippen LogP contribution in [0.15, 0.2) is 83.2 Å². The van der Waals surface area contributed by atoms with Gasteiger partial charge < -0.3 is 0 Å². The molecule has 4 nitrogen and oxygen atoms in total. The second kappa shape index (κ2) is 4.89. The minimum atomic E-state index is -0.385. The first-order chi connectivity index (χ1) is 12.4. The van der Waals surface area contributed by atoms with E-state index >= 15 is 0 Å². The molecule has 5 rings (SSSR count). The van der Waals surface area contributed by atoms with Crippen molar-refractivity contribution < 1.29 is 4.92 Å². The number of hydrogen-bond acceptors (Lipinski definition) is 4. The molecule has 128 valence electrons. The lowest BCUT2D eigenvalue weighted by Crippen LogP contribution is -2.47. The van der Waals surface area contributed by atoms with Gasteiger partial charge in [0.05, 0.1) is 4.92 Å². The summed E-state index contributed by atoms with van der Waals surface area (Å²) in [6.45, 7) is 4.61. The van der Waals surface area contributed by atoms with Gasteiger partial charge in [0.1, 0.15) is 11.2 Å². The highest BCUT2D eigenvalue weighted by Gasteiger charge is 2.55. The van der Waals surface area contributed by atoms with Gasteiger partial charge in [-0.3, -0.25) is 10.1 Å². The molecule has 0 N–H and O–H groups in total. The fourth-order valence-electron chi connectivity index (χ4n) is 4.58.